The fourth-order valence-corrected chi connectivity index (χ4v) is 5.47. The van der Waals surface area contributed by atoms with Gasteiger partial charge in [0.1, 0.15) is 22.7 Å². The molecule has 1 N–H and O–H groups in total. The predicted octanol–water partition coefficient (Wildman–Crippen LogP) is 5.25. The second kappa shape index (κ2) is 10.3. The highest BCUT2D eigenvalue weighted by atomic mass is 32.2. The van der Waals surface area contributed by atoms with Crippen molar-refractivity contribution in [3.05, 3.63) is 90.3 Å². The number of halogens is 3. The van der Waals surface area contributed by atoms with Crippen LogP contribution in [0.3, 0.4) is 0 Å². The van der Waals surface area contributed by atoms with Gasteiger partial charge in [0.2, 0.25) is 10.0 Å². The molecule has 0 spiro atoms. The summed E-state index contributed by atoms with van der Waals surface area (Å²) in [6.07, 6.45) is 3.45. The normalized spacial score (nSPS) is 13.9. The maximum Gasteiger partial charge on any atom is 0.404 e. The Kier molecular flexibility index (Phi) is 6.95. The summed E-state index contributed by atoms with van der Waals surface area (Å²) in [6.45, 7) is 1.34. The minimum atomic E-state index is -4.74. The molecule has 4 aromatic rings. The summed E-state index contributed by atoms with van der Waals surface area (Å²) < 4.78 is 67.2. The molecule has 1 aliphatic carbocycles. The zero-order valence-corrected chi connectivity index (χ0v) is 22.2. The zero-order chi connectivity index (χ0) is 28.7. The summed E-state index contributed by atoms with van der Waals surface area (Å²) >= 11 is 0. The summed E-state index contributed by atoms with van der Waals surface area (Å²) in [5, 5.41) is 10.8. The van der Waals surface area contributed by atoms with Crippen molar-refractivity contribution in [1.82, 2.24) is 19.3 Å². The number of sulfonamides is 1. The van der Waals surface area contributed by atoms with Gasteiger partial charge in [-0.05, 0) is 42.8 Å². The number of benzene rings is 1. The summed E-state index contributed by atoms with van der Waals surface area (Å²) in [5.74, 6) is 0. The van der Waals surface area contributed by atoms with Crippen molar-refractivity contribution in [3.8, 4) is 17.5 Å². The minimum absolute atomic E-state index is 0.262. The van der Waals surface area contributed by atoms with E-state index in [1.807, 2.05) is 66.6 Å². The van der Waals surface area contributed by atoms with Crippen LogP contribution in [-0.4, -0.2) is 42.2 Å². The van der Waals surface area contributed by atoms with Crippen molar-refractivity contribution in [2.24, 2.45) is 0 Å². The SMILES string of the molecule is C[C@H](NS(=O)(=O)c1ccc(-c2c(C#N)c3cc(N(C)Cc4ccccc4)cnc3n2C2=CC=C2)nc1)C(F)(F)F. The molecule has 1 atom stereocenters. The Morgan fingerprint density at radius 3 is 2.42 bits per heavy atom. The summed E-state index contributed by atoms with van der Waals surface area (Å²) in [4.78, 5) is 10.5. The molecule has 0 aliphatic heterocycles. The number of anilines is 1. The molecular formula is C28H23F3N6O2S. The van der Waals surface area contributed by atoms with Gasteiger partial charge in [-0.2, -0.15) is 23.2 Å². The van der Waals surface area contributed by atoms with E-state index in [1.165, 1.54) is 6.07 Å². The van der Waals surface area contributed by atoms with Crippen LogP contribution in [-0.2, 0) is 16.6 Å². The molecular weight excluding hydrogens is 541 g/mol. The van der Waals surface area contributed by atoms with Gasteiger partial charge in [0, 0.05) is 30.9 Å². The maximum atomic E-state index is 12.9. The third-order valence-electron chi connectivity index (χ3n) is 6.51. The van der Waals surface area contributed by atoms with Gasteiger partial charge >= 0.3 is 6.18 Å². The van der Waals surface area contributed by atoms with Gasteiger partial charge in [-0.25, -0.2) is 13.4 Å². The lowest BCUT2D eigenvalue weighted by atomic mass is 10.1. The molecule has 5 rings (SSSR count). The molecule has 204 valence electrons. The van der Waals surface area contributed by atoms with E-state index in [2.05, 4.69) is 16.0 Å². The lowest BCUT2D eigenvalue weighted by molar-refractivity contribution is -0.147. The second-order valence-electron chi connectivity index (χ2n) is 9.29. The van der Waals surface area contributed by atoms with Crippen LogP contribution in [0, 0.1) is 11.3 Å². The molecule has 0 saturated carbocycles. The van der Waals surface area contributed by atoms with Crippen molar-refractivity contribution in [2.75, 3.05) is 11.9 Å². The fourth-order valence-electron chi connectivity index (χ4n) is 4.30. The van der Waals surface area contributed by atoms with E-state index >= 15 is 0 Å². The summed E-state index contributed by atoms with van der Waals surface area (Å²) in [6, 6.07) is 14.3. The zero-order valence-electron chi connectivity index (χ0n) is 21.4. The molecule has 8 nitrogen and oxygen atoms in total. The Bertz CT molecular complexity index is 1790. The number of hydrogen-bond acceptors (Lipinski definition) is 6. The first kappa shape index (κ1) is 27.1. The highest BCUT2D eigenvalue weighted by molar-refractivity contribution is 7.89. The van der Waals surface area contributed by atoms with Crippen molar-refractivity contribution >= 4 is 32.4 Å². The van der Waals surface area contributed by atoms with Gasteiger partial charge in [-0.1, -0.05) is 36.4 Å². The van der Waals surface area contributed by atoms with E-state index < -0.39 is 27.1 Å². The minimum Gasteiger partial charge on any atom is -0.369 e. The number of allylic oxidation sites excluding steroid dienone is 4. The average molecular weight is 565 g/mol. The van der Waals surface area contributed by atoms with Crippen molar-refractivity contribution in [2.45, 2.75) is 30.6 Å². The van der Waals surface area contributed by atoms with Crippen LogP contribution in [0.5, 0.6) is 0 Å². The molecule has 0 saturated heterocycles. The maximum absolute atomic E-state index is 12.9. The topological polar surface area (TPSA) is 104 Å². The first-order chi connectivity index (χ1) is 19.0. The van der Waals surface area contributed by atoms with E-state index in [4.69, 9.17) is 0 Å². The molecule has 1 aromatic carbocycles. The third kappa shape index (κ3) is 5.09. The van der Waals surface area contributed by atoms with Crippen molar-refractivity contribution in [3.63, 3.8) is 0 Å². The van der Waals surface area contributed by atoms with Gasteiger partial charge in [0.05, 0.1) is 28.8 Å². The molecule has 12 heteroatoms. The molecule has 40 heavy (non-hydrogen) atoms. The smallest absolute Gasteiger partial charge is 0.369 e. The number of aromatic nitrogens is 3. The fraction of sp³-hybridized carbons (Fsp3) is 0.179. The number of alkyl halides is 3. The molecule has 0 unspecified atom stereocenters. The van der Waals surface area contributed by atoms with Crippen LogP contribution in [0.15, 0.2) is 84.0 Å². The Labute approximate surface area is 228 Å². The molecule has 3 aromatic heterocycles. The Balaban J connectivity index is 1.56. The number of nitrogens with zero attached hydrogens (tertiary/aromatic N) is 5. The predicted molar refractivity (Wildman–Crippen MR) is 145 cm³/mol. The Hall–Kier alpha value is -4.47. The first-order valence-corrected chi connectivity index (χ1v) is 13.6. The van der Waals surface area contributed by atoms with Crippen LogP contribution < -0.4 is 9.62 Å². The van der Waals surface area contributed by atoms with E-state index in [0.29, 0.717) is 23.3 Å². The lowest BCUT2D eigenvalue weighted by Crippen LogP contribution is -2.42. The second-order valence-corrected chi connectivity index (χ2v) is 11.0. The van der Waals surface area contributed by atoms with Gasteiger partial charge in [0.15, 0.2) is 0 Å². The van der Waals surface area contributed by atoms with Crippen molar-refractivity contribution in [1.29, 1.82) is 5.26 Å². The van der Waals surface area contributed by atoms with E-state index in [1.54, 1.807) is 15.5 Å². The van der Waals surface area contributed by atoms with Gasteiger partial charge in [-0.15, -0.1) is 0 Å². The number of nitrogens with one attached hydrogen (secondary N) is 1. The van der Waals surface area contributed by atoms with Crippen molar-refractivity contribution < 1.29 is 21.6 Å². The van der Waals surface area contributed by atoms with Gasteiger partial charge in [0.25, 0.3) is 0 Å². The highest BCUT2D eigenvalue weighted by Crippen LogP contribution is 2.37. The Morgan fingerprint density at radius 1 is 1.12 bits per heavy atom. The average Bonchev–Trinajstić information content (AvgIpc) is 3.20. The van der Waals surface area contributed by atoms with Crippen LogP contribution in [0.25, 0.3) is 28.1 Å². The number of rotatable bonds is 8. The van der Waals surface area contributed by atoms with E-state index in [-0.39, 0.29) is 11.3 Å². The molecule has 0 amide bonds. The summed E-state index contributed by atoms with van der Waals surface area (Å²) in [5.41, 5.74) is 4.09. The van der Waals surface area contributed by atoms with Gasteiger partial charge in [-0.3, -0.25) is 9.55 Å². The molecule has 0 fully saturated rings. The number of fused-ring (bicyclic) bond motifs is 1. The monoisotopic (exact) mass is 564 g/mol. The summed E-state index contributed by atoms with van der Waals surface area (Å²) in [7, 11) is -2.57. The van der Waals surface area contributed by atoms with Crippen LogP contribution in [0.2, 0.25) is 0 Å². The standard InChI is InChI=1S/C28H23F3N6O2S/c1-18(28(29,30)31)35-40(38,39)22-11-12-25(33-16-22)26-24(14-32)23-13-21(36(2)17-19-7-4-3-5-8-19)15-34-27(23)37(26)20-9-6-10-20/h3-13,15-16,18,35H,17H2,1-2H3/t18-/m0/s1. The quantitative estimate of drug-likeness (QED) is 0.314. The third-order valence-corrected chi connectivity index (χ3v) is 8.04. The number of nitriles is 1. The number of hydrogen-bond donors (Lipinski definition) is 1. The highest BCUT2D eigenvalue weighted by Gasteiger charge is 2.39. The molecule has 3 heterocycles. The lowest BCUT2D eigenvalue weighted by Gasteiger charge is -2.19. The Morgan fingerprint density at radius 2 is 1.85 bits per heavy atom. The van der Waals surface area contributed by atoms with Crippen LogP contribution in [0.1, 0.15) is 18.1 Å². The molecule has 0 bridgehead atoms. The van der Waals surface area contributed by atoms with E-state index in [9.17, 15) is 26.9 Å². The van der Waals surface area contributed by atoms with E-state index in [0.717, 1.165) is 36.1 Å². The van der Waals surface area contributed by atoms with Crippen LogP contribution in [0.4, 0.5) is 18.9 Å². The van der Waals surface area contributed by atoms with Crippen LogP contribution >= 0.6 is 0 Å². The largest absolute Gasteiger partial charge is 0.404 e. The van der Waals surface area contributed by atoms with Gasteiger partial charge < -0.3 is 4.90 Å². The molecule has 1 aliphatic rings. The first-order valence-electron chi connectivity index (χ1n) is 12.1. The number of pyridine rings is 2. The molecule has 0 radical (unpaired) electrons.